The number of nitrogens with one attached hydrogen (secondary N) is 2. The third kappa shape index (κ3) is 7.81. The van der Waals surface area contributed by atoms with Crippen molar-refractivity contribution in [3.05, 3.63) is 0 Å². The first-order chi connectivity index (χ1) is 4.13. The molecule has 0 bridgehead atoms. The summed E-state index contributed by atoms with van der Waals surface area (Å²) in [5.74, 6) is -0.126. The molecule has 0 spiro atoms. The summed E-state index contributed by atoms with van der Waals surface area (Å²) in [5.41, 5.74) is 0. The van der Waals surface area contributed by atoms with Gasteiger partial charge in [-0.1, -0.05) is 0 Å². The molecule has 0 radical (unpaired) electrons. The molecule has 2 N–H and O–H groups in total. The summed E-state index contributed by atoms with van der Waals surface area (Å²) in [5, 5.41) is 0. The van der Waals surface area contributed by atoms with Gasteiger partial charge in [0.2, 0.25) is 0 Å². The summed E-state index contributed by atoms with van der Waals surface area (Å²) in [4.78, 5) is 20.4. The molecule has 0 fully saturated rings. The van der Waals surface area contributed by atoms with E-state index in [9.17, 15) is 9.59 Å². The van der Waals surface area contributed by atoms with Crippen LogP contribution in [0.3, 0.4) is 0 Å². The molecular weight excluding hydrogens is 287 g/mol. The maximum atomic E-state index is 10.2. The van der Waals surface area contributed by atoms with E-state index in [2.05, 4.69) is 6.61 Å². The van der Waals surface area contributed by atoms with Crippen molar-refractivity contribution in [2.24, 2.45) is 0 Å². The maximum absolute atomic E-state index is 10.2. The molecule has 2 amide bonds. The molecule has 5 heteroatoms. The Morgan fingerprint density at radius 3 is 1.67 bits per heavy atom. The Morgan fingerprint density at radius 1 is 1.11 bits per heavy atom. The molecule has 0 aromatic rings. The first kappa shape index (κ1) is 8.81. The van der Waals surface area contributed by atoms with Gasteiger partial charge in [0.1, 0.15) is 0 Å². The van der Waals surface area contributed by atoms with Crippen LogP contribution >= 0.6 is 0 Å². The number of rotatable bonds is 2. The second kappa shape index (κ2) is 4.67. The minimum atomic E-state index is -1.32. The average Bonchev–Trinajstić information content (AvgIpc) is 1.63. The predicted octanol–water partition coefficient (Wildman–Crippen LogP) is -0.829. The Bertz CT molecular complexity index is 112. The SMILES string of the molecule is CC(=O)[NH][Hf][NH]C(C)=O. The molecule has 50 valence electrons. The van der Waals surface area contributed by atoms with E-state index in [0.29, 0.717) is 0 Å². The molecule has 0 saturated carbocycles. The van der Waals surface area contributed by atoms with E-state index in [1.165, 1.54) is 13.8 Å². The topological polar surface area (TPSA) is 58.2 Å². The molecule has 0 aliphatic rings. The van der Waals surface area contributed by atoms with Crippen molar-refractivity contribution in [2.75, 3.05) is 0 Å². The van der Waals surface area contributed by atoms with E-state index in [1.807, 2.05) is 0 Å². The van der Waals surface area contributed by atoms with Crippen molar-refractivity contribution in [1.82, 2.24) is 6.61 Å². The molecule has 0 aromatic carbocycles. The molecule has 0 rings (SSSR count). The number of hydrogen-bond acceptors (Lipinski definition) is 2. The summed E-state index contributed by atoms with van der Waals surface area (Å²) in [6, 6.07) is 0. The van der Waals surface area contributed by atoms with Gasteiger partial charge in [-0.3, -0.25) is 0 Å². The Labute approximate surface area is 65.5 Å². The Hall–Kier alpha value is -0.190. The minimum absolute atomic E-state index is 0.0629. The molecule has 0 aliphatic heterocycles. The van der Waals surface area contributed by atoms with Crippen molar-refractivity contribution >= 4 is 11.8 Å². The van der Waals surface area contributed by atoms with Gasteiger partial charge in [0.15, 0.2) is 0 Å². The summed E-state index contributed by atoms with van der Waals surface area (Å²) in [6.45, 7) is 2.88. The fraction of sp³-hybridized carbons (Fsp3) is 0.500. The van der Waals surface area contributed by atoms with Gasteiger partial charge in [-0.15, -0.1) is 0 Å². The molecule has 0 heterocycles. The monoisotopic (exact) mass is 296 g/mol. The van der Waals surface area contributed by atoms with E-state index in [0.717, 1.165) is 0 Å². The zero-order valence-electron chi connectivity index (χ0n) is 5.32. The number of amides is 2. The number of hydrogen-bond donors (Lipinski definition) is 2. The van der Waals surface area contributed by atoms with Crippen LogP contribution in [0.15, 0.2) is 0 Å². The molecule has 0 aliphatic carbocycles. The summed E-state index contributed by atoms with van der Waals surface area (Å²) in [6.07, 6.45) is 0. The van der Waals surface area contributed by atoms with Gasteiger partial charge in [0.25, 0.3) is 0 Å². The average molecular weight is 295 g/mol. The fourth-order valence-electron chi connectivity index (χ4n) is 0.207. The molecule has 9 heavy (non-hydrogen) atoms. The normalized spacial score (nSPS) is 7.78. The quantitative estimate of drug-likeness (QED) is 0.653. The molecule has 0 unspecified atom stereocenters. The van der Waals surface area contributed by atoms with Crippen LogP contribution in [0.4, 0.5) is 0 Å². The standard InChI is InChI=1S/2C2H5NO.Hf/c2*1-2(3)4;/h2*1H3,(H2,3,4);/q;;+2/p-2. The predicted molar refractivity (Wildman–Crippen MR) is 27.6 cm³/mol. The van der Waals surface area contributed by atoms with Gasteiger partial charge >= 0.3 is 65.3 Å². The number of carbonyl (C=O) groups excluding carboxylic acids is 2. The first-order valence-corrected chi connectivity index (χ1v) is 6.00. The van der Waals surface area contributed by atoms with Crippen molar-refractivity contribution in [1.29, 1.82) is 0 Å². The molecule has 0 aromatic heterocycles. The van der Waals surface area contributed by atoms with Crippen molar-refractivity contribution in [3.63, 3.8) is 0 Å². The van der Waals surface area contributed by atoms with Crippen LogP contribution in [0, 0.1) is 0 Å². The van der Waals surface area contributed by atoms with Crippen LogP contribution in [-0.2, 0) is 33.1 Å². The summed E-state index contributed by atoms with van der Waals surface area (Å²) < 4.78 is 5.20. The second-order valence-electron chi connectivity index (χ2n) is 1.49. The van der Waals surface area contributed by atoms with Crippen molar-refractivity contribution in [2.45, 2.75) is 13.8 Å². The summed E-state index contributed by atoms with van der Waals surface area (Å²) >= 11 is -1.32. The van der Waals surface area contributed by atoms with Crippen LogP contribution in [0.5, 0.6) is 0 Å². The van der Waals surface area contributed by atoms with Gasteiger partial charge in [-0.05, 0) is 0 Å². The second-order valence-corrected chi connectivity index (χ2v) is 4.18. The van der Waals surface area contributed by atoms with Crippen LogP contribution in [0.2, 0.25) is 0 Å². The van der Waals surface area contributed by atoms with E-state index in [-0.39, 0.29) is 11.8 Å². The third-order valence-electron chi connectivity index (χ3n) is 0.477. The van der Waals surface area contributed by atoms with Crippen LogP contribution in [-0.4, -0.2) is 11.8 Å². The number of carbonyl (C=O) groups is 2. The van der Waals surface area contributed by atoms with Crippen LogP contribution in [0.1, 0.15) is 13.8 Å². The van der Waals surface area contributed by atoms with Gasteiger partial charge < -0.3 is 0 Å². The van der Waals surface area contributed by atoms with Gasteiger partial charge in [-0.2, -0.15) is 0 Å². The van der Waals surface area contributed by atoms with E-state index in [4.69, 9.17) is 0 Å². The molecule has 4 nitrogen and oxygen atoms in total. The van der Waals surface area contributed by atoms with Gasteiger partial charge in [0, 0.05) is 0 Å². The van der Waals surface area contributed by atoms with Gasteiger partial charge in [-0.25, -0.2) is 0 Å². The fourth-order valence-corrected chi connectivity index (χ4v) is 1.70. The Balaban J connectivity index is 3.10. The van der Waals surface area contributed by atoms with E-state index in [1.54, 1.807) is 0 Å². The summed E-state index contributed by atoms with van der Waals surface area (Å²) in [7, 11) is 0. The van der Waals surface area contributed by atoms with Crippen molar-refractivity contribution < 1.29 is 33.1 Å². The van der Waals surface area contributed by atoms with Gasteiger partial charge in [0.05, 0.1) is 0 Å². The van der Waals surface area contributed by atoms with Crippen LogP contribution in [0.25, 0.3) is 0 Å². The molecule has 0 atom stereocenters. The molecule has 0 saturated heterocycles. The zero-order chi connectivity index (χ0) is 7.28. The Kier molecular flexibility index (Phi) is 4.57. The zero-order valence-corrected chi connectivity index (χ0v) is 8.91. The first-order valence-electron chi connectivity index (χ1n) is 2.41. The van der Waals surface area contributed by atoms with E-state index >= 15 is 0 Å². The third-order valence-corrected chi connectivity index (χ3v) is 3.90. The Morgan fingerprint density at radius 2 is 1.44 bits per heavy atom. The van der Waals surface area contributed by atoms with Crippen molar-refractivity contribution in [3.8, 4) is 0 Å². The van der Waals surface area contributed by atoms with Crippen LogP contribution < -0.4 is 6.61 Å². The molecular formula is C4H8HfN2O2. The van der Waals surface area contributed by atoms with E-state index < -0.39 is 23.5 Å².